The van der Waals surface area contributed by atoms with Gasteiger partial charge in [-0.25, -0.2) is 9.59 Å². The number of Topliss-reactive ketones (excluding diaryl/α,β-unsaturated/α-hetero) is 1. The van der Waals surface area contributed by atoms with Crippen LogP contribution in [0.1, 0.15) is 86.6 Å². The maximum absolute atomic E-state index is 11.7. The summed E-state index contributed by atoms with van der Waals surface area (Å²) in [5, 5.41) is 8.72. The van der Waals surface area contributed by atoms with Crippen LogP contribution in [0.15, 0.2) is 30.3 Å². The summed E-state index contributed by atoms with van der Waals surface area (Å²) in [6, 6.07) is 8.87. The van der Waals surface area contributed by atoms with Gasteiger partial charge < -0.3 is 30.3 Å². The zero-order chi connectivity index (χ0) is 29.9. The number of amides is 1. The van der Waals surface area contributed by atoms with Gasteiger partial charge in [0, 0.05) is 19.5 Å². The van der Waals surface area contributed by atoms with Crippen molar-refractivity contribution in [1.82, 2.24) is 21.4 Å². The number of unbranched alkanes of at least 4 members (excludes halogenated alkanes) is 2. The largest absolute Gasteiger partial charge is 0.528 e. The number of ketones is 1. The number of ether oxygens (including phenoxy) is 2. The normalized spacial score (nSPS) is 11.1. The molecule has 39 heavy (non-hydrogen) atoms. The number of hydroxylamine groups is 1. The van der Waals surface area contributed by atoms with Crippen molar-refractivity contribution >= 4 is 18.0 Å². The molecule has 0 aliphatic rings. The van der Waals surface area contributed by atoms with Gasteiger partial charge in [0.25, 0.3) is 0 Å². The van der Waals surface area contributed by atoms with E-state index in [0.717, 1.165) is 44.5 Å². The van der Waals surface area contributed by atoms with Crippen molar-refractivity contribution in [2.24, 2.45) is 0 Å². The van der Waals surface area contributed by atoms with Crippen LogP contribution in [0, 0.1) is 0 Å². The maximum Gasteiger partial charge on any atom is 0.528 e. The van der Waals surface area contributed by atoms with Gasteiger partial charge in [-0.05, 0) is 59.3 Å². The standard InChI is InChI=1S/C15H22N2O3.C10H21NO3.C4H11N/c1-3-16-10-9-14(18)12(2)17-15(19)20-11-13-7-5-4-6-8-13;1-5-6-7-8-11-14-9(12)13-10(2,3)4;1-3-5-4-2/h4-8,12,16H,3,9-11H2,1-2H3,(H,17,19);11H,5-8H2,1-4H3;5H,3-4H2,1-2H3/t12-;;/m0../s1. The first-order valence-electron chi connectivity index (χ1n) is 14.0. The average Bonchev–Trinajstić information content (AvgIpc) is 2.88. The molecular formula is C29H54N4O6. The molecule has 10 heteroatoms. The predicted octanol–water partition coefficient (Wildman–Crippen LogP) is 5.12. The van der Waals surface area contributed by atoms with Gasteiger partial charge in [-0.2, -0.15) is 0 Å². The second kappa shape index (κ2) is 25.6. The molecule has 1 atom stereocenters. The lowest BCUT2D eigenvalue weighted by atomic mass is 10.1. The molecule has 0 aliphatic heterocycles. The van der Waals surface area contributed by atoms with Gasteiger partial charge in [0.1, 0.15) is 12.2 Å². The Morgan fingerprint density at radius 1 is 0.872 bits per heavy atom. The van der Waals surface area contributed by atoms with E-state index < -0.39 is 23.9 Å². The number of hydrogen-bond donors (Lipinski definition) is 4. The van der Waals surface area contributed by atoms with Crippen LogP contribution < -0.4 is 21.4 Å². The zero-order valence-electron chi connectivity index (χ0n) is 25.5. The summed E-state index contributed by atoms with van der Waals surface area (Å²) < 4.78 is 9.98. The summed E-state index contributed by atoms with van der Waals surface area (Å²) in [5.41, 5.74) is 2.98. The quantitative estimate of drug-likeness (QED) is 0.133. The van der Waals surface area contributed by atoms with Crippen molar-refractivity contribution in [3.8, 4) is 0 Å². The molecule has 0 spiro atoms. The molecule has 0 saturated heterocycles. The molecule has 0 unspecified atom stereocenters. The summed E-state index contributed by atoms with van der Waals surface area (Å²) in [4.78, 5) is 38.9. The summed E-state index contributed by atoms with van der Waals surface area (Å²) in [5.74, 6) is -0.0115. The molecule has 0 bridgehead atoms. The number of rotatable bonds is 15. The van der Waals surface area contributed by atoms with Crippen LogP contribution in [0.2, 0.25) is 0 Å². The third-order valence-electron chi connectivity index (χ3n) is 4.76. The lowest BCUT2D eigenvalue weighted by Gasteiger charge is -2.18. The van der Waals surface area contributed by atoms with E-state index in [1.165, 1.54) is 0 Å². The van der Waals surface area contributed by atoms with Gasteiger partial charge in [0.15, 0.2) is 5.78 Å². The lowest BCUT2D eigenvalue weighted by molar-refractivity contribution is -0.120. The van der Waals surface area contributed by atoms with Crippen LogP contribution in [0.4, 0.5) is 9.59 Å². The van der Waals surface area contributed by atoms with Crippen molar-refractivity contribution in [2.75, 3.05) is 32.7 Å². The Morgan fingerprint density at radius 2 is 1.49 bits per heavy atom. The first-order chi connectivity index (χ1) is 18.5. The number of nitrogens with one attached hydrogen (secondary N) is 4. The van der Waals surface area contributed by atoms with E-state index in [9.17, 15) is 14.4 Å². The SMILES string of the molecule is CCCCCNOC(=O)OC(C)(C)C.CCNCC.CCNCCC(=O)[C@H](C)NC(=O)OCc1ccccc1. The van der Waals surface area contributed by atoms with Gasteiger partial charge >= 0.3 is 12.2 Å². The smallest absolute Gasteiger partial charge is 0.445 e. The second-order valence-corrected chi connectivity index (χ2v) is 9.62. The summed E-state index contributed by atoms with van der Waals surface area (Å²) in [6.45, 7) is 19.9. The van der Waals surface area contributed by atoms with Crippen molar-refractivity contribution in [3.05, 3.63) is 35.9 Å². The Labute approximate surface area is 236 Å². The molecule has 1 aromatic rings. The zero-order valence-corrected chi connectivity index (χ0v) is 25.5. The van der Waals surface area contributed by atoms with Crippen molar-refractivity contribution in [2.45, 2.75) is 99.3 Å². The predicted molar refractivity (Wildman–Crippen MR) is 156 cm³/mol. The molecule has 1 amide bonds. The van der Waals surface area contributed by atoms with Crippen LogP contribution in [0.5, 0.6) is 0 Å². The maximum atomic E-state index is 11.7. The molecule has 0 fully saturated rings. The number of alkyl carbamates (subject to hydrolysis) is 1. The van der Waals surface area contributed by atoms with Gasteiger partial charge in [-0.15, -0.1) is 5.48 Å². The highest BCUT2D eigenvalue weighted by Gasteiger charge is 2.17. The Kier molecular flexibility index (Phi) is 25.2. The van der Waals surface area contributed by atoms with E-state index in [4.69, 9.17) is 9.47 Å². The van der Waals surface area contributed by atoms with E-state index in [2.05, 4.69) is 47.0 Å². The topological polar surface area (TPSA) is 127 Å². The minimum absolute atomic E-state index is 0.0115. The molecule has 1 rings (SSSR count). The molecule has 0 saturated carbocycles. The number of benzene rings is 1. The van der Waals surface area contributed by atoms with Crippen LogP contribution in [-0.2, 0) is 25.7 Å². The van der Waals surface area contributed by atoms with E-state index in [-0.39, 0.29) is 12.4 Å². The average molecular weight is 555 g/mol. The number of carbonyl (C=O) groups excluding carboxylic acids is 3. The monoisotopic (exact) mass is 554 g/mol. The Balaban J connectivity index is 0. The summed E-state index contributed by atoms with van der Waals surface area (Å²) in [7, 11) is 0. The fourth-order valence-electron chi connectivity index (χ4n) is 2.70. The molecule has 0 aliphatic carbocycles. The van der Waals surface area contributed by atoms with Crippen LogP contribution >= 0.6 is 0 Å². The van der Waals surface area contributed by atoms with Gasteiger partial charge in [0.05, 0.1) is 6.04 Å². The highest BCUT2D eigenvalue weighted by atomic mass is 16.8. The Bertz CT molecular complexity index is 739. The fraction of sp³-hybridized carbons (Fsp3) is 0.690. The van der Waals surface area contributed by atoms with E-state index >= 15 is 0 Å². The minimum atomic E-state index is -0.672. The minimum Gasteiger partial charge on any atom is -0.445 e. The Hall–Kier alpha value is -2.69. The van der Waals surface area contributed by atoms with Gasteiger partial charge in [0.2, 0.25) is 0 Å². The lowest BCUT2D eigenvalue weighted by Crippen LogP contribution is -2.39. The number of carbonyl (C=O) groups is 3. The van der Waals surface area contributed by atoms with Crippen molar-refractivity contribution in [1.29, 1.82) is 0 Å². The fourth-order valence-corrected chi connectivity index (χ4v) is 2.70. The van der Waals surface area contributed by atoms with Crippen molar-refractivity contribution < 1.29 is 28.7 Å². The summed E-state index contributed by atoms with van der Waals surface area (Å²) >= 11 is 0. The second-order valence-electron chi connectivity index (χ2n) is 9.62. The van der Waals surface area contributed by atoms with E-state index in [1.807, 2.05) is 37.3 Å². The molecule has 1 aromatic carbocycles. The molecule has 10 nitrogen and oxygen atoms in total. The van der Waals surface area contributed by atoms with E-state index in [1.54, 1.807) is 27.7 Å². The third kappa shape index (κ3) is 28.1. The van der Waals surface area contributed by atoms with Gasteiger partial charge in [-0.1, -0.05) is 70.9 Å². The molecule has 4 N–H and O–H groups in total. The van der Waals surface area contributed by atoms with Crippen LogP contribution in [-0.4, -0.2) is 62.4 Å². The highest BCUT2D eigenvalue weighted by Crippen LogP contribution is 2.07. The third-order valence-corrected chi connectivity index (χ3v) is 4.76. The number of hydrogen-bond acceptors (Lipinski definition) is 9. The summed E-state index contributed by atoms with van der Waals surface area (Å²) in [6.07, 6.45) is 2.43. The molecule has 0 radical (unpaired) electrons. The highest BCUT2D eigenvalue weighted by molar-refractivity contribution is 5.87. The first kappa shape index (κ1) is 38.5. The molecule has 0 heterocycles. The van der Waals surface area contributed by atoms with Crippen LogP contribution in [0.25, 0.3) is 0 Å². The van der Waals surface area contributed by atoms with E-state index in [0.29, 0.717) is 19.5 Å². The Morgan fingerprint density at radius 3 is 2.00 bits per heavy atom. The van der Waals surface area contributed by atoms with Crippen LogP contribution in [0.3, 0.4) is 0 Å². The first-order valence-corrected chi connectivity index (χ1v) is 14.0. The molecule has 226 valence electrons. The molecular weight excluding hydrogens is 500 g/mol. The van der Waals surface area contributed by atoms with Gasteiger partial charge in [-0.3, -0.25) is 4.79 Å². The molecule has 0 aromatic heterocycles. The van der Waals surface area contributed by atoms with Crippen molar-refractivity contribution in [3.63, 3.8) is 0 Å².